The first-order valence-electron chi connectivity index (χ1n) is 9.57. The summed E-state index contributed by atoms with van der Waals surface area (Å²) in [6, 6.07) is 6.77. The molecule has 1 aromatic rings. The van der Waals surface area contributed by atoms with E-state index in [2.05, 4.69) is 29.2 Å². The summed E-state index contributed by atoms with van der Waals surface area (Å²) >= 11 is 0. The lowest BCUT2D eigenvalue weighted by Gasteiger charge is -2.42. The Hall–Kier alpha value is -1.79. The number of nitrogens with zero attached hydrogens (tertiary/aromatic N) is 2. The van der Waals surface area contributed by atoms with Crippen LogP contribution in [-0.4, -0.2) is 57.4 Å². The average Bonchev–Trinajstić information content (AvgIpc) is 3.03. The Balaban J connectivity index is 1.87. The summed E-state index contributed by atoms with van der Waals surface area (Å²) in [6.07, 6.45) is 4.03. The van der Waals surface area contributed by atoms with Gasteiger partial charge in [0.05, 0.1) is 19.9 Å². The van der Waals surface area contributed by atoms with E-state index in [1.807, 2.05) is 19.9 Å². The summed E-state index contributed by atoms with van der Waals surface area (Å²) in [6.45, 7) is 4.82. The van der Waals surface area contributed by atoms with E-state index >= 15 is 0 Å². The van der Waals surface area contributed by atoms with Crippen LogP contribution in [0.2, 0.25) is 0 Å². The summed E-state index contributed by atoms with van der Waals surface area (Å²) in [5.74, 6) is 0.864. The molecule has 1 aromatic carbocycles. The first kappa shape index (κ1) is 20.0. The topological polar surface area (TPSA) is 52.5 Å². The van der Waals surface area contributed by atoms with E-state index in [9.17, 15) is 0 Å². The Morgan fingerprint density at radius 3 is 2.52 bits per heavy atom. The minimum atomic E-state index is -0.702. The van der Waals surface area contributed by atoms with E-state index in [1.54, 1.807) is 21.3 Å². The van der Waals surface area contributed by atoms with Crippen LogP contribution >= 0.6 is 0 Å². The van der Waals surface area contributed by atoms with Gasteiger partial charge in [0.1, 0.15) is 0 Å². The highest BCUT2D eigenvalue weighted by Gasteiger charge is 2.50. The molecule has 0 bridgehead atoms. The number of fused-ring (bicyclic) bond motifs is 1. The average molecular weight is 376 g/mol. The molecular weight excluding hydrogens is 344 g/mol. The monoisotopic (exact) mass is 376 g/mol. The number of oxime groups is 1. The molecule has 1 heterocycles. The van der Waals surface area contributed by atoms with Gasteiger partial charge in [-0.3, -0.25) is 0 Å². The predicted octanol–water partition coefficient (Wildman–Crippen LogP) is 3.58. The number of hydrogen-bond donors (Lipinski definition) is 0. The predicted molar refractivity (Wildman–Crippen MR) is 106 cm³/mol. The van der Waals surface area contributed by atoms with Crippen LogP contribution in [0.4, 0.5) is 0 Å². The molecule has 1 aliphatic heterocycles. The summed E-state index contributed by atoms with van der Waals surface area (Å²) in [7, 11) is 7.20. The molecule has 2 fully saturated rings. The highest BCUT2D eigenvalue weighted by molar-refractivity contribution is 5.86. The van der Waals surface area contributed by atoms with Gasteiger partial charge in [-0.1, -0.05) is 11.2 Å². The van der Waals surface area contributed by atoms with Gasteiger partial charge in [-0.2, -0.15) is 0 Å². The number of likely N-dealkylation sites (tertiary alicyclic amines) is 1. The maximum absolute atomic E-state index is 5.62. The third-order valence-corrected chi connectivity index (χ3v) is 6.21. The summed E-state index contributed by atoms with van der Waals surface area (Å²) in [5, 5.41) is 4.43. The second-order valence-electron chi connectivity index (χ2n) is 8.03. The molecule has 0 radical (unpaired) electrons. The number of rotatable bonds is 6. The lowest BCUT2D eigenvalue weighted by Crippen LogP contribution is -2.46. The zero-order valence-corrected chi connectivity index (χ0v) is 17.4. The van der Waals surface area contributed by atoms with Gasteiger partial charge in [0.2, 0.25) is 5.79 Å². The van der Waals surface area contributed by atoms with Crippen molar-refractivity contribution in [3.63, 3.8) is 0 Å². The van der Waals surface area contributed by atoms with Crippen LogP contribution in [0.1, 0.15) is 45.1 Å². The van der Waals surface area contributed by atoms with E-state index < -0.39 is 5.79 Å². The molecule has 2 atom stereocenters. The Bertz CT molecular complexity index is 703. The Morgan fingerprint density at radius 2 is 1.85 bits per heavy atom. The van der Waals surface area contributed by atoms with Crippen LogP contribution in [0.15, 0.2) is 23.4 Å². The fraction of sp³-hybridized carbons (Fsp3) is 0.667. The van der Waals surface area contributed by atoms with Crippen molar-refractivity contribution in [1.29, 1.82) is 0 Å². The molecule has 150 valence electrons. The van der Waals surface area contributed by atoms with Gasteiger partial charge in [0, 0.05) is 38.8 Å². The fourth-order valence-electron chi connectivity index (χ4n) is 4.38. The normalized spacial score (nSPS) is 27.5. The van der Waals surface area contributed by atoms with Crippen LogP contribution in [0, 0.1) is 0 Å². The summed E-state index contributed by atoms with van der Waals surface area (Å²) in [5.41, 5.74) is 2.55. The molecule has 1 saturated heterocycles. The maximum Gasteiger partial charge on any atom is 0.230 e. The lowest BCUT2D eigenvalue weighted by molar-refractivity contribution is -0.197. The second kappa shape index (κ2) is 7.68. The molecule has 2 unspecified atom stereocenters. The summed E-state index contributed by atoms with van der Waals surface area (Å²) < 4.78 is 16.3. The maximum atomic E-state index is 5.62. The largest absolute Gasteiger partial charge is 0.493 e. The van der Waals surface area contributed by atoms with Gasteiger partial charge in [-0.25, -0.2) is 0 Å². The molecular formula is C21H32N2O4. The van der Waals surface area contributed by atoms with E-state index in [0.717, 1.165) is 49.4 Å². The quantitative estimate of drug-likeness (QED) is 0.561. The van der Waals surface area contributed by atoms with Crippen LogP contribution in [0.5, 0.6) is 11.5 Å². The zero-order valence-electron chi connectivity index (χ0n) is 17.4. The van der Waals surface area contributed by atoms with Crippen LogP contribution in [-0.2, 0) is 15.0 Å². The molecule has 0 spiro atoms. The molecule has 0 aromatic heterocycles. The van der Waals surface area contributed by atoms with Crippen molar-refractivity contribution in [1.82, 2.24) is 4.90 Å². The highest BCUT2D eigenvalue weighted by atomic mass is 16.8. The van der Waals surface area contributed by atoms with Gasteiger partial charge in [0.25, 0.3) is 0 Å². The number of benzene rings is 1. The van der Waals surface area contributed by atoms with Crippen LogP contribution in [0.25, 0.3) is 0 Å². The third-order valence-electron chi connectivity index (χ3n) is 6.21. The van der Waals surface area contributed by atoms with Crippen LogP contribution in [0.3, 0.4) is 0 Å². The molecule has 0 N–H and O–H groups in total. The van der Waals surface area contributed by atoms with Crippen molar-refractivity contribution in [3.05, 3.63) is 23.8 Å². The molecule has 6 nitrogen and oxygen atoms in total. The van der Waals surface area contributed by atoms with Crippen LogP contribution < -0.4 is 9.47 Å². The smallest absolute Gasteiger partial charge is 0.230 e. The number of hydrogen-bond acceptors (Lipinski definition) is 6. The minimum Gasteiger partial charge on any atom is -0.493 e. The molecule has 0 amide bonds. The first-order valence-corrected chi connectivity index (χ1v) is 9.57. The van der Waals surface area contributed by atoms with E-state index in [-0.39, 0.29) is 5.41 Å². The summed E-state index contributed by atoms with van der Waals surface area (Å²) in [4.78, 5) is 8.07. The third kappa shape index (κ3) is 3.78. The molecule has 2 aliphatic rings. The second-order valence-corrected chi connectivity index (χ2v) is 8.03. The number of likely N-dealkylation sites (N-methyl/N-ethyl adjacent to an activating group) is 1. The van der Waals surface area contributed by atoms with Crippen molar-refractivity contribution in [3.8, 4) is 11.5 Å². The SMILES string of the molecule is COc1ccc(C23CC/C(=N\OC(C)(C)OC)CC2N(C)CC3)cc1OC. The van der Waals surface area contributed by atoms with E-state index in [0.29, 0.717) is 6.04 Å². The van der Waals surface area contributed by atoms with Gasteiger partial charge in [-0.15, -0.1) is 0 Å². The minimum absolute atomic E-state index is 0.115. The number of ether oxygens (including phenoxy) is 3. The van der Waals surface area contributed by atoms with Gasteiger partial charge in [0.15, 0.2) is 11.5 Å². The zero-order chi connectivity index (χ0) is 19.7. The molecule has 6 heteroatoms. The van der Waals surface area contributed by atoms with Gasteiger partial charge >= 0.3 is 0 Å². The Morgan fingerprint density at radius 1 is 1.11 bits per heavy atom. The van der Waals surface area contributed by atoms with E-state index in [4.69, 9.17) is 19.0 Å². The standard InChI is InChI=1S/C21H32N2O4/c1-20(2,26-6)27-22-16-9-10-21(11-12-23(3)19(21)14-16)15-7-8-17(24-4)18(13-15)25-5/h7-8,13,19H,9-12,14H2,1-6H3/b22-16+. The Labute approximate surface area is 162 Å². The van der Waals surface area contributed by atoms with Gasteiger partial charge < -0.3 is 23.9 Å². The van der Waals surface area contributed by atoms with Crippen molar-refractivity contribution >= 4 is 5.71 Å². The molecule has 1 aliphatic carbocycles. The number of methoxy groups -OCH3 is 3. The lowest BCUT2D eigenvalue weighted by atomic mass is 9.65. The Kier molecular flexibility index (Phi) is 5.68. The van der Waals surface area contributed by atoms with Gasteiger partial charge in [-0.05, 0) is 50.6 Å². The molecule has 3 rings (SSSR count). The van der Waals surface area contributed by atoms with Crippen molar-refractivity contribution < 1.29 is 19.0 Å². The molecule has 27 heavy (non-hydrogen) atoms. The van der Waals surface area contributed by atoms with E-state index in [1.165, 1.54) is 5.56 Å². The van der Waals surface area contributed by atoms with Crippen molar-refractivity contribution in [2.24, 2.45) is 5.16 Å². The van der Waals surface area contributed by atoms with Crippen molar-refractivity contribution in [2.45, 2.75) is 56.8 Å². The highest BCUT2D eigenvalue weighted by Crippen LogP contribution is 2.49. The fourth-order valence-corrected chi connectivity index (χ4v) is 4.38. The molecule has 1 saturated carbocycles. The van der Waals surface area contributed by atoms with Crippen molar-refractivity contribution in [2.75, 3.05) is 34.9 Å². The first-order chi connectivity index (χ1) is 12.8.